The van der Waals surface area contributed by atoms with E-state index in [4.69, 9.17) is 4.98 Å². The van der Waals surface area contributed by atoms with Crippen LogP contribution in [0.5, 0.6) is 5.75 Å². The van der Waals surface area contributed by atoms with Crippen molar-refractivity contribution in [1.82, 2.24) is 4.98 Å². The number of anilines is 1. The number of phenols is 1. The van der Waals surface area contributed by atoms with Gasteiger partial charge >= 0.3 is 0 Å². The van der Waals surface area contributed by atoms with Gasteiger partial charge in [0.15, 0.2) is 0 Å². The molecule has 1 heterocycles. The molecule has 0 aliphatic carbocycles. The Morgan fingerprint density at radius 2 is 1.41 bits per heavy atom. The number of nitrogens with one attached hydrogen (secondary N) is 1. The molecule has 0 amide bonds. The Labute approximate surface area is 193 Å². The number of para-hydroxylation sites is 1. The number of nitrogens with zero attached hydrogens (tertiary/aromatic N) is 1. The lowest BCUT2D eigenvalue weighted by atomic mass is 9.85. The van der Waals surface area contributed by atoms with E-state index in [1.54, 1.807) is 6.07 Å². The first-order valence-corrected chi connectivity index (χ1v) is 11.7. The van der Waals surface area contributed by atoms with Crippen LogP contribution in [0.2, 0.25) is 0 Å². The Morgan fingerprint density at radius 1 is 0.812 bits per heavy atom. The molecule has 32 heavy (non-hydrogen) atoms. The van der Waals surface area contributed by atoms with E-state index >= 15 is 0 Å². The Morgan fingerprint density at radius 3 is 1.97 bits per heavy atom. The third-order valence-corrected chi connectivity index (χ3v) is 6.09. The van der Waals surface area contributed by atoms with E-state index in [1.807, 2.05) is 18.2 Å². The molecule has 1 atom stereocenters. The molecule has 2 N–H and O–H groups in total. The number of pyridine rings is 1. The fraction of sp³-hybridized carbons (Fsp3) is 0.414. The van der Waals surface area contributed by atoms with Crippen molar-refractivity contribution in [1.29, 1.82) is 0 Å². The fourth-order valence-corrected chi connectivity index (χ4v) is 4.06. The van der Waals surface area contributed by atoms with E-state index in [0.29, 0.717) is 11.8 Å². The first kappa shape index (κ1) is 23.8. The van der Waals surface area contributed by atoms with E-state index in [-0.39, 0.29) is 17.2 Å². The van der Waals surface area contributed by atoms with Crippen molar-refractivity contribution < 1.29 is 5.11 Å². The summed E-state index contributed by atoms with van der Waals surface area (Å²) in [5.41, 5.74) is 7.58. The highest BCUT2D eigenvalue weighted by molar-refractivity contribution is 5.68. The second-order valence-corrected chi connectivity index (χ2v) is 10.4. The largest absolute Gasteiger partial charge is 0.507 e. The highest BCUT2D eigenvalue weighted by atomic mass is 16.3. The van der Waals surface area contributed by atoms with Gasteiger partial charge in [0.25, 0.3) is 0 Å². The Bertz CT molecular complexity index is 1050. The van der Waals surface area contributed by atoms with Gasteiger partial charge in [0.1, 0.15) is 5.75 Å². The minimum absolute atomic E-state index is 0.00269. The normalized spacial score (nSPS) is 12.9. The maximum absolute atomic E-state index is 10.6. The lowest BCUT2D eigenvalue weighted by Gasteiger charge is -2.24. The molecule has 3 nitrogen and oxygen atoms in total. The van der Waals surface area contributed by atoms with E-state index in [1.165, 1.54) is 22.4 Å². The topological polar surface area (TPSA) is 45.1 Å². The van der Waals surface area contributed by atoms with Crippen LogP contribution in [0.15, 0.2) is 54.6 Å². The molecule has 1 unspecified atom stereocenters. The van der Waals surface area contributed by atoms with Crippen LogP contribution in [0.25, 0.3) is 11.3 Å². The molecule has 0 spiro atoms. The number of phenolic OH excluding ortho intramolecular Hbond substituents is 1. The molecular weight excluding hydrogens is 392 g/mol. The van der Waals surface area contributed by atoms with E-state index in [9.17, 15) is 5.11 Å². The van der Waals surface area contributed by atoms with Gasteiger partial charge in [0.2, 0.25) is 0 Å². The molecule has 3 rings (SSSR count). The number of hydrogen-bond acceptors (Lipinski definition) is 3. The second-order valence-electron chi connectivity index (χ2n) is 10.4. The van der Waals surface area contributed by atoms with Crippen molar-refractivity contribution in [3.05, 3.63) is 77.0 Å². The summed E-state index contributed by atoms with van der Waals surface area (Å²) < 4.78 is 0. The molecule has 3 aromatic rings. The van der Waals surface area contributed by atoms with Crippen molar-refractivity contribution in [2.24, 2.45) is 0 Å². The van der Waals surface area contributed by atoms with Crippen LogP contribution < -0.4 is 5.32 Å². The molecule has 170 valence electrons. The highest BCUT2D eigenvalue weighted by Gasteiger charge is 2.19. The fourth-order valence-electron chi connectivity index (χ4n) is 4.06. The zero-order chi connectivity index (χ0) is 23.6. The quantitative estimate of drug-likeness (QED) is 0.414. The van der Waals surface area contributed by atoms with Gasteiger partial charge < -0.3 is 10.4 Å². The molecule has 0 fully saturated rings. The van der Waals surface area contributed by atoms with E-state index in [0.717, 1.165) is 17.0 Å². The van der Waals surface area contributed by atoms with Crippen LogP contribution in [0.3, 0.4) is 0 Å². The summed E-state index contributed by atoms with van der Waals surface area (Å²) in [5, 5.41) is 14.3. The van der Waals surface area contributed by atoms with E-state index in [2.05, 4.69) is 91.0 Å². The minimum Gasteiger partial charge on any atom is -0.507 e. The summed E-state index contributed by atoms with van der Waals surface area (Å²) in [6, 6.07) is 18.5. The maximum atomic E-state index is 10.6. The standard InChI is InChI=1S/C29H38N2O/c1-18(2)22-11-9-12-23(19(3)4)28(22)30-20(5)25-13-10-14-26(31-25)24-17-21(29(6,7)8)15-16-27(24)32/h9-20,30,32H,1-8H3. The van der Waals surface area contributed by atoms with E-state index < -0.39 is 0 Å². The molecule has 3 heteroatoms. The van der Waals surface area contributed by atoms with Crippen molar-refractivity contribution in [2.75, 3.05) is 5.32 Å². The molecule has 2 aromatic carbocycles. The summed E-state index contributed by atoms with van der Waals surface area (Å²) in [6.45, 7) is 17.6. The summed E-state index contributed by atoms with van der Waals surface area (Å²) in [7, 11) is 0. The average Bonchev–Trinajstić information content (AvgIpc) is 2.73. The zero-order valence-electron chi connectivity index (χ0n) is 20.8. The molecule has 0 aliphatic rings. The Balaban J connectivity index is 1.99. The highest BCUT2D eigenvalue weighted by Crippen LogP contribution is 2.36. The number of aromatic hydroxyl groups is 1. The van der Waals surface area contributed by atoms with Crippen molar-refractivity contribution >= 4 is 5.69 Å². The Kier molecular flexibility index (Phi) is 6.97. The minimum atomic E-state index is 0.00269. The monoisotopic (exact) mass is 430 g/mol. The summed E-state index contributed by atoms with van der Waals surface area (Å²) in [6.07, 6.45) is 0. The number of aromatic nitrogens is 1. The lowest BCUT2D eigenvalue weighted by molar-refractivity contribution is 0.476. The lowest BCUT2D eigenvalue weighted by Crippen LogP contribution is -2.13. The Hall–Kier alpha value is -2.81. The first-order valence-electron chi connectivity index (χ1n) is 11.7. The van der Waals surface area contributed by atoms with Crippen LogP contribution in [0.1, 0.15) is 95.7 Å². The maximum Gasteiger partial charge on any atom is 0.124 e. The van der Waals surface area contributed by atoms with Gasteiger partial charge in [-0.3, -0.25) is 4.98 Å². The van der Waals surface area contributed by atoms with Crippen molar-refractivity contribution in [2.45, 2.75) is 78.7 Å². The summed E-state index contributed by atoms with van der Waals surface area (Å²) in [5.74, 6) is 1.12. The number of rotatable bonds is 6. The molecular formula is C29H38N2O. The van der Waals surface area contributed by atoms with Gasteiger partial charge in [-0.05, 0) is 65.1 Å². The van der Waals surface area contributed by atoms with Gasteiger partial charge in [-0.15, -0.1) is 0 Å². The van der Waals surface area contributed by atoms with Crippen LogP contribution in [-0.2, 0) is 5.41 Å². The second kappa shape index (κ2) is 9.36. The molecule has 0 aliphatic heterocycles. The smallest absolute Gasteiger partial charge is 0.124 e. The van der Waals surface area contributed by atoms with Gasteiger partial charge in [-0.1, -0.05) is 78.8 Å². The van der Waals surface area contributed by atoms with Gasteiger partial charge in [0.05, 0.1) is 17.4 Å². The molecule has 0 saturated heterocycles. The predicted octanol–water partition coefficient (Wildman–Crippen LogP) is 8.17. The molecule has 0 bridgehead atoms. The third-order valence-electron chi connectivity index (χ3n) is 6.09. The average molecular weight is 431 g/mol. The first-order chi connectivity index (χ1) is 15.0. The zero-order valence-corrected chi connectivity index (χ0v) is 20.8. The van der Waals surface area contributed by atoms with Crippen LogP contribution >= 0.6 is 0 Å². The van der Waals surface area contributed by atoms with Gasteiger partial charge in [0, 0.05) is 11.3 Å². The van der Waals surface area contributed by atoms with Crippen LogP contribution in [0.4, 0.5) is 5.69 Å². The van der Waals surface area contributed by atoms with Crippen molar-refractivity contribution in [3.63, 3.8) is 0 Å². The summed E-state index contributed by atoms with van der Waals surface area (Å²) in [4.78, 5) is 4.95. The molecule has 0 radical (unpaired) electrons. The van der Waals surface area contributed by atoms with Crippen LogP contribution in [-0.4, -0.2) is 10.1 Å². The van der Waals surface area contributed by atoms with Gasteiger partial charge in [-0.25, -0.2) is 0 Å². The number of hydrogen-bond donors (Lipinski definition) is 2. The van der Waals surface area contributed by atoms with Gasteiger partial charge in [-0.2, -0.15) is 0 Å². The third kappa shape index (κ3) is 5.15. The molecule has 1 aromatic heterocycles. The molecule has 0 saturated carbocycles. The number of benzene rings is 2. The van der Waals surface area contributed by atoms with Crippen molar-refractivity contribution in [3.8, 4) is 17.0 Å². The SMILES string of the molecule is CC(C)c1cccc(C(C)C)c1NC(C)c1cccc(-c2cc(C(C)(C)C)ccc2O)n1. The predicted molar refractivity (Wildman–Crippen MR) is 137 cm³/mol. The van der Waals surface area contributed by atoms with Crippen LogP contribution in [0, 0.1) is 0 Å². The summed E-state index contributed by atoms with van der Waals surface area (Å²) >= 11 is 0.